The van der Waals surface area contributed by atoms with Crippen LogP contribution in [0.25, 0.3) is 0 Å². The molecule has 0 bridgehead atoms. The number of aliphatic hydroxyl groups excluding tert-OH is 1. The fraction of sp³-hybridized carbons (Fsp3) is 0.200. The lowest BCUT2D eigenvalue weighted by atomic mass is 10.2. The Labute approximate surface area is 171 Å². The van der Waals surface area contributed by atoms with E-state index in [1.807, 2.05) is 24.3 Å². The van der Waals surface area contributed by atoms with Gasteiger partial charge in [-0.05, 0) is 35.4 Å². The quantitative estimate of drug-likeness (QED) is 0.545. The van der Waals surface area contributed by atoms with E-state index < -0.39 is 0 Å². The topological polar surface area (TPSA) is 67.2 Å². The summed E-state index contributed by atoms with van der Waals surface area (Å²) in [6.45, 7) is 0.123. The normalized spacial score (nSPS) is 10.8. The van der Waals surface area contributed by atoms with Crippen LogP contribution in [0.15, 0.2) is 59.9 Å². The Kier molecular flexibility index (Phi) is 7.08. The maximum absolute atomic E-state index is 13.0. The van der Waals surface area contributed by atoms with Gasteiger partial charge in [-0.15, -0.1) is 0 Å². The number of carbonyl (C=O) groups is 1. The third-order valence-corrected chi connectivity index (χ3v) is 5.32. The molecule has 28 heavy (non-hydrogen) atoms. The van der Waals surface area contributed by atoms with E-state index in [9.17, 15) is 14.3 Å². The molecule has 3 aromatic rings. The molecule has 0 saturated carbocycles. The Morgan fingerprint density at radius 2 is 2.00 bits per heavy atom. The van der Waals surface area contributed by atoms with E-state index in [2.05, 4.69) is 10.3 Å². The monoisotopic (exact) mass is 419 g/mol. The maximum Gasteiger partial charge on any atom is 0.240 e. The molecule has 2 N–H and O–H groups in total. The second-order valence-corrected chi connectivity index (χ2v) is 7.48. The molecule has 1 heterocycles. The predicted octanol–water partition coefficient (Wildman–Crippen LogP) is 3.78. The summed E-state index contributed by atoms with van der Waals surface area (Å²) in [4.78, 5) is 16.7. The van der Waals surface area contributed by atoms with Gasteiger partial charge in [0.1, 0.15) is 12.4 Å². The summed E-state index contributed by atoms with van der Waals surface area (Å²) in [5.74, 6) is 0.101. The lowest BCUT2D eigenvalue weighted by Gasteiger charge is -2.11. The third kappa shape index (κ3) is 5.58. The molecule has 0 unspecified atom stereocenters. The van der Waals surface area contributed by atoms with E-state index in [-0.39, 0.29) is 24.9 Å². The standard InChI is InChI=1S/C20H19ClFN3O2S/c21-16-3-1-2-15(8-16)13-28-20-24-10-18(12-26)25(20)11-19(27)23-9-14-4-6-17(22)7-5-14/h1-8,10,26H,9,11-13H2,(H,23,27). The second-order valence-electron chi connectivity index (χ2n) is 6.10. The number of aliphatic hydroxyl groups is 1. The first-order valence-electron chi connectivity index (χ1n) is 8.59. The van der Waals surface area contributed by atoms with Crippen molar-refractivity contribution in [1.82, 2.24) is 14.9 Å². The van der Waals surface area contributed by atoms with Crippen molar-refractivity contribution < 1.29 is 14.3 Å². The van der Waals surface area contributed by atoms with E-state index >= 15 is 0 Å². The highest BCUT2D eigenvalue weighted by atomic mass is 35.5. The average molecular weight is 420 g/mol. The molecule has 0 radical (unpaired) electrons. The molecule has 0 fully saturated rings. The third-order valence-electron chi connectivity index (χ3n) is 4.03. The van der Waals surface area contributed by atoms with Crippen LogP contribution in [-0.2, 0) is 30.2 Å². The van der Waals surface area contributed by atoms with Gasteiger partial charge in [0.15, 0.2) is 5.16 Å². The van der Waals surface area contributed by atoms with Crippen LogP contribution in [0, 0.1) is 5.82 Å². The zero-order valence-corrected chi connectivity index (χ0v) is 16.5. The first-order valence-corrected chi connectivity index (χ1v) is 9.95. The fourth-order valence-corrected chi connectivity index (χ4v) is 3.73. The number of aromatic nitrogens is 2. The number of carbonyl (C=O) groups excluding carboxylic acids is 1. The summed E-state index contributed by atoms with van der Waals surface area (Å²) in [5.41, 5.74) is 2.40. The Hall–Kier alpha value is -2.35. The minimum absolute atomic E-state index is 0.0367. The fourth-order valence-electron chi connectivity index (χ4n) is 2.58. The maximum atomic E-state index is 13.0. The predicted molar refractivity (Wildman–Crippen MR) is 107 cm³/mol. The van der Waals surface area contributed by atoms with Crippen molar-refractivity contribution in [3.05, 3.63) is 82.4 Å². The zero-order valence-electron chi connectivity index (χ0n) is 14.9. The molecule has 146 valence electrons. The van der Waals surface area contributed by atoms with Crippen molar-refractivity contribution in [3.8, 4) is 0 Å². The van der Waals surface area contributed by atoms with Gasteiger partial charge in [0.2, 0.25) is 5.91 Å². The van der Waals surface area contributed by atoms with Crippen molar-refractivity contribution >= 4 is 29.3 Å². The van der Waals surface area contributed by atoms with E-state index in [0.717, 1.165) is 11.1 Å². The second kappa shape index (κ2) is 9.73. The molecule has 0 aliphatic carbocycles. The average Bonchev–Trinajstić information content (AvgIpc) is 3.07. The molecular weight excluding hydrogens is 401 g/mol. The summed E-state index contributed by atoms with van der Waals surface area (Å²) < 4.78 is 14.6. The number of rotatable bonds is 8. The molecule has 8 heteroatoms. The van der Waals surface area contributed by atoms with Crippen molar-refractivity contribution in [2.24, 2.45) is 0 Å². The van der Waals surface area contributed by atoms with Crippen LogP contribution in [0.2, 0.25) is 5.02 Å². The van der Waals surface area contributed by atoms with Gasteiger partial charge in [-0.3, -0.25) is 4.79 Å². The highest BCUT2D eigenvalue weighted by molar-refractivity contribution is 7.98. The highest BCUT2D eigenvalue weighted by Crippen LogP contribution is 2.24. The van der Waals surface area contributed by atoms with Gasteiger partial charge in [0.05, 0.1) is 18.5 Å². The van der Waals surface area contributed by atoms with Crippen LogP contribution in [-0.4, -0.2) is 20.6 Å². The van der Waals surface area contributed by atoms with E-state index in [4.69, 9.17) is 11.6 Å². The zero-order chi connectivity index (χ0) is 19.9. The van der Waals surface area contributed by atoms with E-state index in [1.165, 1.54) is 23.9 Å². The van der Waals surface area contributed by atoms with E-state index in [0.29, 0.717) is 28.2 Å². The van der Waals surface area contributed by atoms with Crippen LogP contribution in [0.4, 0.5) is 4.39 Å². The Morgan fingerprint density at radius 3 is 2.71 bits per heavy atom. The number of halogens is 2. The lowest BCUT2D eigenvalue weighted by molar-refractivity contribution is -0.122. The number of imidazole rings is 1. The summed E-state index contributed by atoms with van der Waals surface area (Å²) in [7, 11) is 0. The number of nitrogens with one attached hydrogen (secondary N) is 1. The molecule has 2 aromatic carbocycles. The molecule has 0 saturated heterocycles. The van der Waals surface area contributed by atoms with Gasteiger partial charge in [-0.2, -0.15) is 0 Å². The Balaban J connectivity index is 1.62. The van der Waals surface area contributed by atoms with Gasteiger partial charge >= 0.3 is 0 Å². The van der Waals surface area contributed by atoms with Gasteiger partial charge in [-0.25, -0.2) is 9.37 Å². The molecule has 1 amide bonds. The number of hydrogen-bond acceptors (Lipinski definition) is 4. The van der Waals surface area contributed by atoms with Gasteiger partial charge < -0.3 is 15.0 Å². The Morgan fingerprint density at radius 1 is 1.21 bits per heavy atom. The van der Waals surface area contributed by atoms with Crippen LogP contribution < -0.4 is 5.32 Å². The number of nitrogens with zero attached hydrogens (tertiary/aromatic N) is 2. The summed E-state index contributed by atoms with van der Waals surface area (Å²) in [6, 6.07) is 13.5. The van der Waals surface area contributed by atoms with Crippen LogP contribution in [0.3, 0.4) is 0 Å². The van der Waals surface area contributed by atoms with Crippen molar-refractivity contribution in [1.29, 1.82) is 0 Å². The SMILES string of the molecule is O=C(Cn1c(CO)cnc1SCc1cccc(Cl)c1)NCc1ccc(F)cc1. The van der Waals surface area contributed by atoms with Gasteiger partial charge in [0, 0.05) is 17.3 Å². The van der Waals surface area contributed by atoms with Crippen molar-refractivity contribution in [2.75, 3.05) is 0 Å². The lowest BCUT2D eigenvalue weighted by Crippen LogP contribution is -2.28. The van der Waals surface area contributed by atoms with Crippen LogP contribution in [0.1, 0.15) is 16.8 Å². The molecule has 0 aliphatic heterocycles. The molecule has 0 atom stereocenters. The largest absolute Gasteiger partial charge is 0.390 e. The van der Waals surface area contributed by atoms with Crippen LogP contribution in [0.5, 0.6) is 0 Å². The van der Waals surface area contributed by atoms with Crippen molar-refractivity contribution in [3.63, 3.8) is 0 Å². The number of amides is 1. The van der Waals surface area contributed by atoms with Gasteiger partial charge in [-0.1, -0.05) is 47.6 Å². The minimum Gasteiger partial charge on any atom is -0.390 e. The molecular formula is C20H19ClFN3O2S. The smallest absolute Gasteiger partial charge is 0.240 e. The summed E-state index contributed by atoms with van der Waals surface area (Å²) in [5, 5.41) is 13.6. The number of hydrogen-bond donors (Lipinski definition) is 2. The highest BCUT2D eigenvalue weighted by Gasteiger charge is 2.14. The first kappa shape index (κ1) is 20.4. The summed E-state index contributed by atoms with van der Waals surface area (Å²) >= 11 is 7.47. The number of benzene rings is 2. The van der Waals surface area contributed by atoms with Crippen molar-refractivity contribution in [2.45, 2.75) is 30.6 Å². The first-order chi connectivity index (χ1) is 13.5. The minimum atomic E-state index is -0.317. The summed E-state index contributed by atoms with van der Waals surface area (Å²) in [6.07, 6.45) is 1.56. The van der Waals surface area contributed by atoms with Crippen LogP contribution >= 0.6 is 23.4 Å². The van der Waals surface area contributed by atoms with E-state index in [1.54, 1.807) is 22.9 Å². The number of thioether (sulfide) groups is 1. The Bertz CT molecular complexity index is 947. The molecule has 5 nitrogen and oxygen atoms in total. The molecule has 0 spiro atoms. The molecule has 1 aromatic heterocycles. The molecule has 3 rings (SSSR count). The van der Waals surface area contributed by atoms with Gasteiger partial charge in [0.25, 0.3) is 0 Å². The molecule has 0 aliphatic rings.